The predicted octanol–water partition coefficient (Wildman–Crippen LogP) is 2.44. The molecule has 1 aliphatic carbocycles. The first-order chi connectivity index (χ1) is 7.69. The molecule has 0 fully saturated rings. The third-order valence-corrected chi connectivity index (χ3v) is 3.74. The zero-order valence-corrected chi connectivity index (χ0v) is 11.3. The highest BCUT2D eigenvalue weighted by atomic mass is 16.3. The smallest absolute Gasteiger partial charge is 0.118 e. The van der Waals surface area contributed by atoms with E-state index in [2.05, 4.69) is 0 Å². The van der Waals surface area contributed by atoms with Gasteiger partial charge in [-0.2, -0.15) is 0 Å². The minimum absolute atomic E-state index is 0.0736. The molecular formula is C14H23NO2. The van der Waals surface area contributed by atoms with Crippen molar-refractivity contribution in [2.24, 2.45) is 11.7 Å². The Labute approximate surface area is 103 Å². The van der Waals surface area contributed by atoms with E-state index in [0.29, 0.717) is 0 Å². The molecule has 0 aromatic rings. The number of aliphatic hydroxyl groups is 2. The van der Waals surface area contributed by atoms with E-state index in [4.69, 9.17) is 5.73 Å². The standard InChI is InChI=1S/C14H23NO2/c1-8(15)6-7-12-10(3)13(16)9(2)11(4)14(12,5)17/h6-8,11,16-17H,15H2,1-5H3/b7-6-. The van der Waals surface area contributed by atoms with E-state index in [0.717, 1.165) is 16.7 Å². The molecule has 1 rings (SSSR count). The van der Waals surface area contributed by atoms with E-state index in [9.17, 15) is 10.2 Å². The zero-order chi connectivity index (χ0) is 13.4. The van der Waals surface area contributed by atoms with Gasteiger partial charge >= 0.3 is 0 Å². The summed E-state index contributed by atoms with van der Waals surface area (Å²) in [6.45, 7) is 9.23. The molecule has 0 saturated heterocycles. The van der Waals surface area contributed by atoms with Gasteiger partial charge in [0.2, 0.25) is 0 Å². The molecule has 1 aliphatic rings. The summed E-state index contributed by atoms with van der Waals surface area (Å²) in [5, 5.41) is 20.6. The van der Waals surface area contributed by atoms with Crippen LogP contribution in [0.4, 0.5) is 0 Å². The molecule has 96 valence electrons. The fraction of sp³-hybridized carbons (Fsp3) is 0.571. The van der Waals surface area contributed by atoms with Crippen molar-refractivity contribution in [2.75, 3.05) is 0 Å². The van der Waals surface area contributed by atoms with Crippen LogP contribution in [0.3, 0.4) is 0 Å². The quantitative estimate of drug-likeness (QED) is 0.691. The van der Waals surface area contributed by atoms with Gasteiger partial charge in [0.25, 0.3) is 0 Å². The van der Waals surface area contributed by atoms with Crippen molar-refractivity contribution in [1.82, 2.24) is 0 Å². The second-order valence-electron chi connectivity index (χ2n) is 5.16. The van der Waals surface area contributed by atoms with Gasteiger partial charge in [0, 0.05) is 12.0 Å². The molecular weight excluding hydrogens is 214 g/mol. The molecule has 0 saturated carbocycles. The molecule has 3 atom stereocenters. The molecule has 0 aromatic heterocycles. The van der Waals surface area contributed by atoms with Gasteiger partial charge in [-0.3, -0.25) is 0 Å². The average molecular weight is 237 g/mol. The van der Waals surface area contributed by atoms with E-state index in [1.807, 2.05) is 39.8 Å². The summed E-state index contributed by atoms with van der Waals surface area (Å²) in [6, 6.07) is -0.0736. The Morgan fingerprint density at radius 3 is 2.41 bits per heavy atom. The molecule has 3 unspecified atom stereocenters. The van der Waals surface area contributed by atoms with Gasteiger partial charge in [0.05, 0.1) is 5.60 Å². The maximum absolute atomic E-state index is 10.6. The Balaban J connectivity index is 3.31. The third-order valence-electron chi connectivity index (χ3n) is 3.74. The molecule has 4 N–H and O–H groups in total. The Bertz CT molecular complexity index is 400. The van der Waals surface area contributed by atoms with Crippen LogP contribution in [0.1, 0.15) is 34.6 Å². The van der Waals surface area contributed by atoms with Crippen LogP contribution in [0.2, 0.25) is 0 Å². The fourth-order valence-electron chi connectivity index (χ4n) is 2.20. The van der Waals surface area contributed by atoms with Gasteiger partial charge in [0.15, 0.2) is 0 Å². The van der Waals surface area contributed by atoms with Crippen molar-refractivity contribution in [3.63, 3.8) is 0 Å². The minimum Gasteiger partial charge on any atom is -0.508 e. The van der Waals surface area contributed by atoms with Crippen LogP contribution in [0.15, 0.2) is 34.6 Å². The van der Waals surface area contributed by atoms with Gasteiger partial charge in [-0.1, -0.05) is 19.1 Å². The van der Waals surface area contributed by atoms with Gasteiger partial charge in [0.1, 0.15) is 5.76 Å². The van der Waals surface area contributed by atoms with Crippen LogP contribution in [-0.4, -0.2) is 21.9 Å². The zero-order valence-electron chi connectivity index (χ0n) is 11.3. The van der Waals surface area contributed by atoms with E-state index in [1.54, 1.807) is 6.92 Å². The maximum Gasteiger partial charge on any atom is 0.118 e. The largest absolute Gasteiger partial charge is 0.508 e. The molecule has 0 bridgehead atoms. The second kappa shape index (κ2) is 4.67. The lowest BCUT2D eigenvalue weighted by atomic mass is 9.73. The molecule has 17 heavy (non-hydrogen) atoms. The molecule has 0 amide bonds. The lowest BCUT2D eigenvalue weighted by Gasteiger charge is -2.38. The van der Waals surface area contributed by atoms with E-state index in [-0.39, 0.29) is 17.7 Å². The first-order valence-corrected chi connectivity index (χ1v) is 5.97. The van der Waals surface area contributed by atoms with Gasteiger partial charge < -0.3 is 15.9 Å². The first-order valence-electron chi connectivity index (χ1n) is 5.97. The van der Waals surface area contributed by atoms with E-state index >= 15 is 0 Å². The third kappa shape index (κ3) is 2.45. The Morgan fingerprint density at radius 2 is 1.94 bits per heavy atom. The van der Waals surface area contributed by atoms with Crippen molar-refractivity contribution in [3.05, 3.63) is 34.6 Å². The molecule has 0 aromatic carbocycles. The first kappa shape index (κ1) is 14.0. The summed E-state index contributed by atoms with van der Waals surface area (Å²) >= 11 is 0. The van der Waals surface area contributed by atoms with Crippen LogP contribution in [0.25, 0.3) is 0 Å². The van der Waals surface area contributed by atoms with Crippen LogP contribution in [-0.2, 0) is 0 Å². The summed E-state index contributed by atoms with van der Waals surface area (Å²) in [5.74, 6) is 0.173. The van der Waals surface area contributed by atoms with Gasteiger partial charge in [-0.05, 0) is 44.4 Å². The highest BCUT2D eigenvalue weighted by Gasteiger charge is 2.38. The Hall–Kier alpha value is -1.06. The van der Waals surface area contributed by atoms with Crippen molar-refractivity contribution >= 4 is 0 Å². The Kier molecular flexibility index (Phi) is 3.84. The van der Waals surface area contributed by atoms with E-state index in [1.165, 1.54) is 0 Å². The maximum atomic E-state index is 10.6. The lowest BCUT2D eigenvalue weighted by molar-refractivity contribution is 0.0543. The van der Waals surface area contributed by atoms with Crippen molar-refractivity contribution in [3.8, 4) is 0 Å². The topological polar surface area (TPSA) is 66.5 Å². The average Bonchev–Trinajstić information content (AvgIpc) is 2.23. The van der Waals surface area contributed by atoms with Crippen molar-refractivity contribution in [2.45, 2.75) is 46.3 Å². The number of hydrogen-bond donors (Lipinski definition) is 3. The monoisotopic (exact) mass is 237 g/mol. The van der Waals surface area contributed by atoms with Crippen LogP contribution < -0.4 is 5.73 Å². The number of rotatable bonds is 2. The van der Waals surface area contributed by atoms with Crippen LogP contribution in [0.5, 0.6) is 0 Å². The summed E-state index contributed by atoms with van der Waals surface area (Å²) < 4.78 is 0. The number of nitrogens with two attached hydrogens (primary N) is 1. The van der Waals surface area contributed by atoms with Gasteiger partial charge in [-0.15, -0.1) is 0 Å². The van der Waals surface area contributed by atoms with Crippen molar-refractivity contribution in [1.29, 1.82) is 0 Å². The van der Waals surface area contributed by atoms with Gasteiger partial charge in [-0.25, -0.2) is 0 Å². The molecule has 0 aliphatic heterocycles. The molecule has 0 heterocycles. The second-order valence-corrected chi connectivity index (χ2v) is 5.16. The predicted molar refractivity (Wildman–Crippen MR) is 70.6 cm³/mol. The number of allylic oxidation sites excluding steroid dienone is 1. The number of aliphatic hydroxyl groups excluding tert-OH is 1. The molecule has 0 radical (unpaired) electrons. The highest BCUT2D eigenvalue weighted by Crippen LogP contribution is 2.40. The normalized spacial score (nSPS) is 32.5. The van der Waals surface area contributed by atoms with E-state index < -0.39 is 5.60 Å². The molecule has 3 nitrogen and oxygen atoms in total. The van der Waals surface area contributed by atoms with Crippen molar-refractivity contribution < 1.29 is 10.2 Å². The van der Waals surface area contributed by atoms with Crippen LogP contribution in [0, 0.1) is 5.92 Å². The minimum atomic E-state index is -0.966. The number of hydrogen-bond acceptors (Lipinski definition) is 3. The highest BCUT2D eigenvalue weighted by molar-refractivity contribution is 5.48. The molecule has 3 heteroatoms. The summed E-state index contributed by atoms with van der Waals surface area (Å²) in [6.07, 6.45) is 3.65. The summed E-state index contributed by atoms with van der Waals surface area (Å²) in [4.78, 5) is 0. The van der Waals surface area contributed by atoms with Crippen LogP contribution >= 0.6 is 0 Å². The lowest BCUT2D eigenvalue weighted by Crippen LogP contribution is -2.39. The SMILES string of the molecule is CC1=C(/C=C\C(C)N)C(C)(O)C(C)C(C)=C1O. The summed E-state index contributed by atoms with van der Waals surface area (Å²) in [5.41, 5.74) is 7.00. The molecule has 0 spiro atoms. The Morgan fingerprint density at radius 1 is 1.41 bits per heavy atom. The summed E-state index contributed by atoms with van der Waals surface area (Å²) in [7, 11) is 0. The fourth-order valence-corrected chi connectivity index (χ4v) is 2.20.